The van der Waals surface area contributed by atoms with Crippen molar-refractivity contribution in [3.63, 3.8) is 0 Å². The third kappa shape index (κ3) is 3.91. The molecule has 1 fully saturated rings. The fourth-order valence-electron chi connectivity index (χ4n) is 2.12. The molecular weight excluding hydrogens is 363 g/mol. The zero-order valence-electron chi connectivity index (χ0n) is 12.6. The first-order chi connectivity index (χ1) is 11.8. The number of hydrogen-bond donors (Lipinski definition) is 0. The first-order valence-electron chi connectivity index (χ1n) is 7.07. The van der Waals surface area contributed by atoms with Crippen molar-refractivity contribution >= 4 is 10.1 Å². The molecule has 1 saturated heterocycles. The van der Waals surface area contributed by atoms with Gasteiger partial charge in [0.1, 0.15) is 5.75 Å². The van der Waals surface area contributed by atoms with Crippen molar-refractivity contribution in [2.45, 2.75) is 11.8 Å². The van der Waals surface area contributed by atoms with E-state index in [4.69, 9.17) is 9.47 Å². The summed E-state index contributed by atoms with van der Waals surface area (Å²) in [5.41, 5.74) is -3.60. The molecule has 0 aliphatic carbocycles. The fourth-order valence-corrected chi connectivity index (χ4v) is 2.58. The quantitative estimate of drug-likeness (QED) is 0.604. The molecule has 1 aliphatic rings. The fraction of sp³-hybridized carbons (Fsp3) is 0.267. The summed E-state index contributed by atoms with van der Waals surface area (Å²) < 4.78 is 73.5. The standard InChI is InChI=1S/C15H12F3NO5S/c16-15(17,18)25(20,21)24-12-4-1-10(2-5-12)13-6-3-11(9-19-13)14-22-7-8-23-14/h1-6,9,14H,7-8H2. The predicted molar refractivity (Wildman–Crippen MR) is 79.9 cm³/mol. The number of pyridine rings is 1. The molecule has 3 rings (SSSR count). The number of hydrogen-bond acceptors (Lipinski definition) is 6. The minimum atomic E-state index is -5.69. The van der Waals surface area contributed by atoms with Crippen molar-refractivity contribution in [2.75, 3.05) is 13.2 Å². The van der Waals surface area contributed by atoms with Crippen molar-refractivity contribution < 1.29 is 35.2 Å². The molecule has 1 aromatic carbocycles. The molecule has 134 valence electrons. The Kier molecular flexibility index (Phi) is 4.67. The van der Waals surface area contributed by atoms with Crippen LogP contribution in [-0.4, -0.2) is 32.1 Å². The molecule has 0 amide bonds. The average molecular weight is 375 g/mol. The Morgan fingerprint density at radius 1 is 1.04 bits per heavy atom. The summed E-state index contributed by atoms with van der Waals surface area (Å²) in [6.45, 7) is 1.02. The SMILES string of the molecule is O=S(=O)(Oc1ccc(-c2ccc(C3OCCO3)cn2)cc1)C(F)(F)F. The van der Waals surface area contributed by atoms with Gasteiger partial charge in [-0.05, 0) is 30.3 Å². The number of nitrogens with zero attached hydrogens (tertiary/aromatic N) is 1. The summed E-state index contributed by atoms with van der Waals surface area (Å²) in [6, 6.07) is 8.52. The molecule has 6 nitrogen and oxygen atoms in total. The van der Waals surface area contributed by atoms with Crippen LogP contribution < -0.4 is 4.18 Å². The van der Waals surface area contributed by atoms with Gasteiger partial charge in [-0.25, -0.2) is 0 Å². The summed E-state index contributed by atoms with van der Waals surface area (Å²) in [4.78, 5) is 4.24. The van der Waals surface area contributed by atoms with E-state index in [-0.39, 0.29) is 0 Å². The molecule has 0 atom stereocenters. The Balaban J connectivity index is 1.74. The van der Waals surface area contributed by atoms with E-state index in [1.165, 1.54) is 12.1 Å². The van der Waals surface area contributed by atoms with Crippen molar-refractivity contribution in [3.8, 4) is 17.0 Å². The number of ether oxygens (including phenoxy) is 2. The Hall–Kier alpha value is -2.17. The average Bonchev–Trinajstić information content (AvgIpc) is 3.09. The molecule has 0 spiro atoms. The van der Waals surface area contributed by atoms with Gasteiger partial charge >= 0.3 is 15.6 Å². The maximum Gasteiger partial charge on any atom is 0.534 e. The van der Waals surface area contributed by atoms with E-state index in [0.717, 1.165) is 17.7 Å². The van der Waals surface area contributed by atoms with E-state index >= 15 is 0 Å². The van der Waals surface area contributed by atoms with E-state index in [1.54, 1.807) is 18.3 Å². The second-order valence-electron chi connectivity index (χ2n) is 5.06. The number of halogens is 3. The second-order valence-corrected chi connectivity index (χ2v) is 6.60. The van der Waals surface area contributed by atoms with Gasteiger partial charge in [-0.1, -0.05) is 6.07 Å². The number of rotatable bonds is 4. The summed E-state index contributed by atoms with van der Waals surface area (Å²) >= 11 is 0. The smallest absolute Gasteiger partial charge is 0.376 e. The van der Waals surface area contributed by atoms with Crippen molar-refractivity contribution in [1.29, 1.82) is 0 Å². The lowest BCUT2D eigenvalue weighted by atomic mass is 10.1. The summed E-state index contributed by atoms with van der Waals surface area (Å²) in [7, 11) is -5.69. The summed E-state index contributed by atoms with van der Waals surface area (Å²) in [5.74, 6) is -0.439. The molecule has 0 unspecified atom stereocenters. The Bertz CT molecular complexity index is 829. The molecule has 1 aromatic heterocycles. The molecule has 2 heterocycles. The number of benzene rings is 1. The van der Waals surface area contributed by atoms with Crippen LogP contribution in [0.2, 0.25) is 0 Å². The van der Waals surface area contributed by atoms with Crippen LogP contribution >= 0.6 is 0 Å². The van der Waals surface area contributed by atoms with Crippen LogP contribution in [0.15, 0.2) is 42.6 Å². The summed E-state index contributed by atoms with van der Waals surface area (Å²) in [5, 5.41) is 0. The molecule has 1 aliphatic heterocycles. The van der Waals surface area contributed by atoms with Gasteiger partial charge in [-0.15, -0.1) is 0 Å². The van der Waals surface area contributed by atoms with Crippen LogP contribution in [0.5, 0.6) is 5.75 Å². The second kappa shape index (κ2) is 6.62. The van der Waals surface area contributed by atoms with Gasteiger partial charge < -0.3 is 13.7 Å². The van der Waals surface area contributed by atoms with E-state index in [0.29, 0.717) is 24.5 Å². The normalized spacial score (nSPS) is 16.1. The lowest BCUT2D eigenvalue weighted by molar-refractivity contribution is -0.0500. The van der Waals surface area contributed by atoms with E-state index < -0.39 is 27.7 Å². The van der Waals surface area contributed by atoms with Crippen LogP contribution in [0.4, 0.5) is 13.2 Å². The summed E-state index contributed by atoms with van der Waals surface area (Å²) in [6.07, 6.45) is 1.12. The number of alkyl halides is 3. The zero-order chi connectivity index (χ0) is 18.1. The molecule has 0 radical (unpaired) electrons. The van der Waals surface area contributed by atoms with Crippen molar-refractivity contribution in [1.82, 2.24) is 4.98 Å². The minimum absolute atomic E-state index is 0.439. The highest BCUT2D eigenvalue weighted by atomic mass is 32.2. The lowest BCUT2D eigenvalue weighted by Crippen LogP contribution is -2.28. The van der Waals surface area contributed by atoms with E-state index in [9.17, 15) is 21.6 Å². The van der Waals surface area contributed by atoms with Crippen molar-refractivity contribution in [2.24, 2.45) is 0 Å². The van der Waals surface area contributed by atoms with Crippen LogP contribution in [0, 0.1) is 0 Å². The van der Waals surface area contributed by atoms with Crippen LogP contribution in [0.3, 0.4) is 0 Å². The third-order valence-electron chi connectivity index (χ3n) is 3.32. The van der Waals surface area contributed by atoms with Crippen LogP contribution in [-0.2, 0) is 19.6 Å². The maximum atomic E-state index is 12.3. The van der Waals surface area contributed by atoms with Gasteiger partial charge in [0.2, 0.25) is 0 Å². The van der Waals surface area contributed by atoms with Gasteiger partial charge in [-0.2, -0.15) is 21.6 Å². The molecular formula is C15H12F3NO5S. The Morgan fingerprint density at radius 3 is 2.20 bits per heavy atom. The van der Waals surface area contributed by atoms with Crippen molar-refractivity contribution in [3.05, 3.63) is 48.2 Å². The first kappa shape index (κ1) is 17.6. The maximum absolute atomic E-state index is 12.3. The van der Waals surface area contributed by atoms with Gasteiger partial charge in [-0.3, -0.25) is 4.98 Å². The molecule has 25 heavy (non-hydrogen) atoms. The largest absolute Gasteiger partial charge is 0.534 e. The molecule has 2 aromatic rings. The first-order valence-corrected chi connectivity index (χ1v) is 8.47. The van der Waals surface area contributed by atoms with Gasteiger partial charge in [0.15, 0.2) is 6.29 Å². The molecule has 0 saturated carbocycles. The Morgan fingerprint density at radius 2 is 1.68 bits per heavy atom. The van der Waals surface area contributed by atoms with Crippen LogP contribution in [0.1, 0.15) is 11.9 Å². The van der Waals surface area contributed by atoms with E-state index in [1.807, 2.05) is 0 Å². The van der Waals surface area contributed by atoms with E-state index in [2.05, 4.69) is 9.17 Å². The van der Waals surface area contributed by atoms with Gasteiger partial charge in [0.25, 0.3) is 0 Å². The predicted octanol–water partition coefficient (Wildman–Crippen LogP) is 3.02. The van der Waals surface area contributed by atoms with Gasteiger partial charge in [0, 0.05) is 17.3 Å². The third-order valence-corrected chi connectivity index (χ3v) is 4.30. The topological polar surface area (TPSA) is 74.7 Å². The lowest BCUT2D eigenvalue weighted by Gasteiger charge is -2.11. The minimum Gasteiger partial charge on any atom is -0.376 e. The number of aromatic nitrogens is 1. The van der Waals surface area contributed by atoms with Gasteiger partial charge in [0.05, 0.1) is 18.9 Å². The van der Waals surface area contributed by atoms with Crippen LogP contribution in [0.25, 0.3) is 11.3 Å². The highest BCUT2D eigenvalue weighted by molar-refractivity contribution is 7.88. The highest BCUT2D eigenvalue weighted by Gasteiger charge is 2.48. The molecule has 10 heteroatoms. The monoisotopic (exact) mass is 375 g/mol. The zero-order valence-corrected chi connectivity index (χ0v) is 13.4. The molecule has 0 N–H and O–H groups in total. The molecule has 0 bridgehead atoms. The Labute approximate surface area is 141 Å². The highest BCUT2D eigenvalue weighted by Crippen LogP contribution is 2.29.